The Kier molecular flexibility index (Phi) is 17.3. The maximum absolute atomic E-state index is 8.68. The van der Waals surface area contributed by atoms with Crippen LogP contribution in [-0.4, -0.2) is 120 Å². The summed E-state index contributed by atoms with van der Waals surface area (Å²) in [7, 11) is 0. The zero-order valence-electron chi connectivity index (χ0n) is 28.5. The number of nitriles is 4. The van der Waals surface area contributed by atoms with Crippen LogP contribution in [0.2, 0.25) is 0 Å². The summed E-state index contributed by atoms with van der Waals surface area (Å²) in [6.45, 7) is 23.9. The Hall–Kier alpha value is -2.36. The molecule has 0 spiro atoms. The lowest BCUT2D eigenvalue weighted by Crippen LogP contribution is -2.32. The first kappa shape index (κ1) is 39.7. The van der Waals surface area contributed by atoms with E-state index < -0.39 is 0 Å². The molecule has 4 fully saturated rings. The number of nitrogens with zero attached hydrogens (tertiary/aromatic N) is 8. The number of rotatable bonds is 4. The van der Waals surface area contributed by atoms with Crippen LogP contribution in [0.1, 0.15) is 55.4 Å². The molecule has 0 aliphatic carbocycles. The average molecular weight is 613 g/mol. The van der Waals surface area contributed by atoms with E-state index in [-0.39, 0.29) is 47.8 Å². The van der Waals surface area contributed by atoms with Gasteiger partial charge in [-0.2, -0.15) is 21.0 Å². The van der Waals surface area contributed by atoms with Crippen molar-refractivity contribution in [3.63, 3.8) is 0 Å². The molecule has 12 nitrogen and oxygen atoms in total. The summed E-state index contributed by atoms with van der Waals surface area (Å²) in [4.78, 5) is 8.99. The molecule has 0 aromatic carbocycles. The molecule has 8 N–H and O–H groups in total. The molecule has 0 unspecified atom stereocenters. The number of likely N-dealkylation sites (tertiary alicyclic amines) is 4. The minimum absolute atomic E-state index is 0.0393. The first-order chi connectivity index (χ1) is 20.6. The molecule has 0 bridgehead atoms. The van der Waals surface area contributed by atoms with Crippen molar-refractivity contribution in [1.29, 1.82) is 21.0 Å². The summed E-state index contributed by atoms with van der Waals surface area (Å²) in [5.74, 6) is 0.157. The third kappa shape index (κ3) is 12.2. The topological polar surface area (TPSA) is 212 Å². The van der Waals surface area contributed by atoms with Gasteiger partial charge in [0.25, 0.3) is 0 Å². The number of nitrogens with two attached hydrogens (primary N) is 4. The van der Waals surface area contributed by atoms with E-state index in [9.17, 15) is 0 Å². The number of hydrogen-bond donors (Lipinski definition) is 4. The molecule has 4 rings (SSSR count). The summed E-state index contributed by atoms with van der Waals surface area (Å²) >= 11 is 0. The van der Waals surface area contributed by atoms with E-state index in [1.807, 2.05) is 0 Å². The standard InChI is InChI=1S/4C8H15N3/c4*1-6(2)11-4-7(3-9)8(10)5-11/h4*6-8H,4-5,10H2,1-2H3/t2*7-,8+;2*7-,8-/m1010/s1. The highest BCUT2D eigenvalue weighted by atomic mass is 15.2. The summed E-state index contributed by atoms with van der Waals surface area (Å²) in [6, 6.07) is 11.2. The summed E-state index contributed by atoms with van der Waals surface area (Å²) < 4.78 is 0. The lowest BCUT2D eigenvalue weighted by molar-refractivity contribution is 0.269. The molecule has 44 heavy (non-hydrogen) atoms. The van der Waals surface area contributed by atoms with Crippen LogP contribution in [0.25, 0.3) is 0 Å². The van der Waals surface area contributed by atoms with Crippen LogP contribution in [-0.2, 0) is 0 Å². The predicted molar refractivity (Wildman–Crippen MR) is 175 cm³/mol. The molecule has 4 aliphatic rings. The summed E-state index contributed by atoms with van der Waals surface area (Å²) in [6.07, 6.45) is 0. The Bertz CT molecular complexity index is 843. The minimum Gasteiger partial charge on any atom is -0.325 e. The molecule has 0 aromatic heterocycles. The van der Waals surface area contributed by atoms with Crippen LogP contribution < -0.4 is 22.9 Å². The van der Waals surface area contributed by atoms with E-state index in [0.717, 1.165) is 52.4 Å². The SMILES string of the molecule is CC(C)N1C[C@@H](C#N)[C@@H](N)C1.CC(C)N1C[C@@H](N)[C@@H](C#N)C1.CC(C)N1C[C@@H](N)[C@H](C#N)C1.CC(C)N1C[C@H](N)[C@@H](C#N)C1. The van der Waals surface area contributed by atoms with Gasteiger partial charge in [-0.3, -0.25) is 19.6 Å². The van der Waals surface area contributed by atoms with Crippen molar-refractivity contribution in [1.82, 2.24) is 19.6 Å². The van der Waals surface area contributed by atoms with Crippen LogP contribution in [0.15, 0.2) is 0 Å². The highest BCUT2D eigenvalue weighted by Crippen LogP contribution is 2.19. The molecule has 0 radical (unpaired) electrons. The van der Waals surface area contributed by atoms with E-state index >= 15 is 0 Å². The third-order valence-electron chi connectivity index (χ3n) is 9.16. The van der Waals surface area contributed by atoms with Crippen molar-refractivity contribution in [2.24, 2.45) is 46.6 Å². The molecule has 0 amide bonds. The second kappa shape index (κ2) is 19.2. The first-order valence-corrected chi connectivity index (χ1v) is 16.2. The van der Waals surface area contributed by atoms with Gasteiger partial charge in [0.05, 0.1) is 47.9 Å². The Morgan fingerprint density at radius 2 is 0.545 bits per heavy atom. The normalized spacial score (nSPS) is 32.6. The summed E-state index contributed by atoms with van der Waals surface area (Å²) in [5, 5.41) is 34.7. The molecule has 0 saturated carbocycles. The Morgan fingerprint density at radius 1 is 0.386 bits per heavy atom. The second-order valence-corrected chi connectivity index (χ2v) is 13.8. The minimum atomic E-state index is 0.0393. The Balaban J connectivity index is 0.000000293. The van der Waals surface area contributed by atoms with Gasteiger partial charge in [-0.1, -0.05) is 0 Å². The lowest BCUT2D eigenvalue weighted by Gasteiger charge is -2.18. The van der Waals surface area contributed by atoms with Gasteiger partial charge in [-0.05, 0) is 55.4 Å². The van der Waals surface area contributed by atoms with Gasteiger partial charge >= 0.3 is 0 Å². The average Bonchev–Trinajstić information content (AvgIpc) is 3.74. The monoisotopic (exact) mass is 613 g/mol. The van der Waals surface area contributed by atoms with Gasteiger partial charge in [0.2, 0.25) is 0 Å². The quantitative estimate of drug-likeness (QED) is 0.346. The molecule has 4 aliphatic heterocycles. The number of hydrogen-bond acceptors (Lipinski definition) is 12. The van der Waals surface area contributed by atoms with Crippen molar-refractivity contribution >= 4 is 0 Å². The zero-order valence-corrected chi connectivity index (χ0v) is 28.5. The third-order valence-corrected chi connectivity index (χ3v) is 9.16. The first-order valence-electron chi connectivity index (χ1n) is 16.2. The fourth-order valence-electron chi connectivity index (χ4n) is 5.68. The molecule has 8 atom stereocenters. The van der Waals surface area contributed by atoms with Crippen molar-refractivity contribution in [3.8, 4) is 24.3 Å². The molecule has 0 aromatic rings. The van der Waals surface area contributed by atoms with Gasteiger partial charge in [-0.25, -0.2) is 0 Å². The second-order valence-electron chi connectivity index (χ2n) is 13.8. The van der Waals surface area contributed by atoms with Crippen LogP contribution in [0.5, 0.6) is 0 Å². The van der Waals surface area contributed by atoms with Crippen LogP contribution in [0, 0.1) is 69.0 Å². The van der Waals surface area contributed by atoms with Crippen LogP contribution in [0.4, 0.5) is 0 Å². The maximum atomic E-state index is 8.68. The van der Waals surface area contributed by atoms with Gasteiger partial charge in [-0.15, -0.1) is 0 Å². The Labute approximate surface area is 267 Å². The van der Waals surface area contributed by atoms with E-state index in [1.165, 1.54) is 0 Å². The van der Waals surface area contributed by atoms with Crippen molar-refractivity contribution in [2.75, 3.05) is 52.4 Å². The fourth-order valence-corrected chi connectivity index (χ4v) is 5.68. The van der Waals surface area contributed by atoms with Gasteiger partial charge in [0.15, 0.2) is 0 Å². The van der Waals surface area contributed by atoms with Gasteiger partial charge < -0.3 is 22.9 Å². The molecular formula is C32H60N12. The predicted octanol–water partition coefficient (Wildman–Crippen LogP) is 0.710. The van der Waals surface area contributed by atoms with E-state index in [4.69, 9.17) is 44.0 Å². The molecule has 4 saturated heterocycles. The van der Waals surface area contributed by atoms with E-state index in [0.29, 0.717) is 24.2 Å². The van der Waals surface area contributed by atoms with Gasteiger partial charge in [0, 0.05) is 101 Å². The largest absolute Gasteiger partial charge is 0.325 e. The maximum Gasteiger partial charge on any atom is 0.0753 e. The van der Waals surface area contributed by atoms with Crippen molar-refractivity contribution in [2.45, 2.75) is 104 Å². The molecular weight excluding hydrogens is 552 g/mol. The highest BCUT2D eigenvalue weighted by Gasteiger charge is 2.33. The van der Waals surface area contributed by atoms with Crippen molar-refractivity contribution < 1.29 is 0 Å². The lowest BCUT2D eigenvalue weighted by atomic mass is 10.1. The Morgan fingerprint density at radius 3 is 0.614 bits per heavy atom. The molecule has 12 heteroatoms. The fraction of sp³-hybridized carbons (Fsp3) is 0.875. The zero-order chi connectivity index (χ0) is 33.7. The molecule has 248 valence electrons. The van der Waals surface area contributed by atoms with Crippen molar-refractivity contribution in [3.05, 3.63) is 0 Å². The van der Waals surface area contributed by atoms with Gasteiger partial charge in [0.1, 0.15) is 0 Å². The van der Waals surface area contributed by atoms with Crippen LogP contribution >= 0.6 is 0 Å². The van der Waals surface area contributed by atoms with E-state index in [1.54, 1.807) is 0 Å². The molecule has 4 heterocycles. The summed E-state index contributed by atoms with van der Waals surface area (Å²) in [5.41, 5.74) is 23.0. The van der Waals surface area contributed by atoms with Crippen LogP contribution in [0.3, 0.4) is 0 Å². The highest BCUT2D eigenvalue weighted by molar-refractivity contribution is 5.02. The van der Waals surface area contributed by atoms with E-state index in [2.05, 4.69) is 99.3 Å². The smallest absolute Gasteiger partial charge is 0.0753 e.